The van der Waals surface area contributed by atoms with Crippen molar-refractivity contribution in [2.24, 2.45) is 11.3 Å². The predicted molar refractivity (Wildman–Crippen MR) is 114 cm³/mol. The minimum absolute atomic E-state index is 0.141. The molecule has 5 nitrogen and oxygen atoms in total. The molecule has 3 atom stereocenters. The zero-order valence-corrected chi connectivity index (χ0v) is 17.8. The second-order valence-corrected chi connectivity index (χ2v) is 9.10. The van der Waals surface area contributed by atoms with Crippen molar-refractivity contribution in [3.8, 4) is 5.75 Å². The van der Waals surface area contributed by atoms with E-state index in [0.717, 1.165) is 57.7 Å². The molecule has 1 saturated carbocycles. The van der Waals surface area contributed by atoms with E-state index in [4.69, 9.17) is 9.47 Å². The van der Waals surface area contributed by atoms with Crippen LogP contribution < -0.4 is 4.74 Å². The molecule has 1 amide bonds. The van der Waals surface area contributed by atoms with Gasteiger partial charge in [-0.05, 0) is 57.7 Å². The van der Waals surface area contributed by atoms with Crippen LogP contribution in [0.2, 0.25) is 0 Å². The van der Waals surface area contributed by atoms with Crippen molar-refractivity contribution in [1.29, 1.82) is 0 Å². The van der Waals surface area contributed by atoms with Crippen LogP contribution in [0.4, 0.5) is 0 Å². The maximum Gasteiger partial charge on any atom is 0.226 e. The van der Waals surface area contributed by atoms with Gasteiger partial charge in [-0.3, -0.25) is 9.69 Å². The topological polar surface area (TPSA) is 42.0 Å². The van der Waals surface area contributed by atoms with Crippen molar-refractivity contribution in [3.63, 3.8) is 0 Å². The first-order valence-corrected chi connectivity index (χ1v) is 11.0. The normalized spacial score (nSPS) is 28.9. The number of likely N-dealkylation sites (tertiary alicyclic amines) is 1. The lowest BCUT2D eigenvalue weighted by Crippen LogP contribution is -2.49. The molecular weight excluding hydrogens is 364 g/mol. The Hall–Kier alpha value is -1.85. The van der Waals surface area contributed by atoms with Gasteiger partial charge in [0.25, 0.3) is 0 Å². The number of benzene rings is 1. The molecule has 1 spiro atoms. The molecule has 0 bridgehead atoms. The van der Waals surface area contributed by atoms with E-state index in [0.29, 0.717) is 12.5 Å². The monoisotopic (exact) mass is 398 g/mol. The zero-order valence-electron chi connectivity index (χ0n) is 17.8. The van der Waals surface area contributed by atoms with Gasteiger partial charge in [-0.2, -0.15) is 0 Å². The van der Waals surface area contributed by atoms with Gasteiger partial charge >= 0.3 is 0 Å². The smallest absolute Gasteiger partial charge is 0.226 e. The molecule has 158 valence electrons. The molecule has 2 aliphatic heterocycles. The lowest BCUT2D eigenvalue weighted by atomic mass is 9.90. The Morgan fingerprint density at radius 3 is 2.62 bits per heavy atom. The van der Waals surface area contributed by atoms with Crippen LogP contribution in [0.25, 0.3) is 0 Å². The minimum Gasteiger partial charge on any atom is -0.489 e. The number of hydrogen-bond acceptors (Lipinski definition) is 4. The Balaban J connectivity index is 1.30. The fourth-order valence-corrected chi connectivity index (χ4v) is 5.15. The van der Waals surface area contributed by atoms with Crippen LogP contribution >= 0.6 is 0 Å². The van der Waals surface area contributed by atoms with E-state index in [1.54, 1.807) is 6.08 Å². The van der Waals surface area contributed by atoms with E-state index in [1.165, 1.54) is 5.56 Å². The third-order valence-corrected chi connectivity index (χ3v) is 6.79. The van der Waals surface area contributed by atoms with E-state index < -0.39 is 0 Å². The number of rotatable bonds is 6. The van der Waals surface area contributed by atoms with Gasteiger partial charge in [-0.15, -0.1) is 0 Å². The average Bonchev–Trinajstić information content (AvgIpc) is 3.41. The number of carbonyl (C=O) groups excluding carboxylic acids is 1. The molecule has 5 heteroatoms. The van der Waals surface area contributed by atoms with Crippen LogP contribution in [0.1, 0.15) is 38.7 Å². The number of morpholine rings is 1. The maximum atomic E-state index is 13.1. The summed E-state index contributed by atoms with van der Waals surface area (Å²) in [7, 11) is 0. The van der Waals surface area contributed by atoms with Crippen molar-refractivity contribution < 1.29 is 14.3 Å². The van der Waals surface area contributed by atoms with E-state index >= 15 is 0 Å². The average molecular weight is 399 g/mol. The Kier molecular flexibility index (Phi) is 5.98. The first-order valence-electron chi connectivity index (χ1n) is 11.0. The van der Waals surface area contributed by atoms with Crippen LogP contribution in [-0.2, 0) is 16.1 Å². The number of ether oxygens (including phenoxy) is 2. The van der Waals surface area contributed by atoms with Gasteiger partial charge in [-0.25, -0.2) is 0 Å². The molecule has 1 unspecified atom stereocenters. The lowest BCUT2D eigenvalue weighted by Gasteiger charge is -2.37. The van der Waals surface area contributed by atoms with E-state index in [2.05, 4.69) is 42.4 Å². The van der Waals surface area contributed by atoms with Crippen LogP contribution in [0.3, 0.4) is 0 Å². The van der Waals surface area contributed by atoms with Gasteiger partial charge in [0.15, 0.2) is 0 Å². The molecular formula is C24H34N2O3. The molecule has 4 rings (SSSR count). The first kappa shape index (κ1) is 20.4. The van der Waals surface area contributed by atoms with Gasteiger partial charge in [0.05, 0.1) is 12.2 Å². The molecule has 0 radical (unpaired) electrons. The Bertz CT molecular complexity index is 731. The molecule has 2 heterocycles. The second-order valence-electron chi connectivity index (χ2n) is 9.10. The summed E-state index contributed by atoms with van der Waals surface area (Å²) in [6.07, 6.45) is 5.37. The Morgan fingerprint density at radius 2 is 1.93 bits per heavy atom. The minimum atomic E-state index is 0.141. The first-order chi connectivity index (χ1) is 14.0. The molecule has 2 saturated heterocycles. The lowest BCUT2D eigenvalue weighted by molar-refractivity contribution is -0.145. The summed E-state index contributed by atoms with van der Waals surface area (Å²) in [5.41, 5.74) is 1.47. The quantitative estimate of drug-likeness (QED) is 0.688. The highest BCUT2D eigenvalue weighted by molar-refractivity contribution is 5.83. The van der Waals surface area contributed by atoms with Gasteiger partial charge in [0, 0.05) is 31.1 Å². The van der Waals surface area contributed by atoms with Crippen molar-refractivity contribution in [3.05, 3.63) is 42.5 Å². The van der Waals surface area contributed by atoms with Crippen molar-refractivity contribution in [1.82, 2.24) is 9.80 Å². The van der Waals surface area contributed by atoms with E-state index in [1.807, 2.05) is 12.1 Å². The highest BCUT2D eigenvalue weighted by Crippen LogP contribution is 2.60. The fraction of sp³-hybridized carbons (Fsp3) is 0.625. The van der Waals surface area contributed by atoms with Crippen LogP contribution in [0.5, 0.6) is 5.75 Å². The molecule has 1 aromatic carbocycles. The SMILES string of the molecule is C=CCOc1ccccc1CN1CCC2(CC1)CC2C(=O)N1C[C@@H](C)O[C@@H](C)C1. The molecule has 0 N–H and O–H groups in total. The summed E-state index contributed by atoms with van der Waals surface area (Å²) >= 11 is 0. The summed E-state index contributed by atoms with van der Waals surface area (Å²) in [6, 6.07) is 8.26. The number of piperidine rings is 1. The molecule has 1 aliphatic carbocycles. The van der Waals surface area contributed by atoms with Crippen molar-refractivity contribution >= 4 is 5.91 Å². The Morgan fingerprint density at radius 1 is 1.24 bits per heavy atom. The third-order valence-electron chi connectivity index (χ3n) is 6.79. The highest BCUT2D eigenvalue weighted by atomic mass is 16.5. The summed E-state index contributed by atoms with van der Waals surface area (Å²) in [6.45, 7) is 12.9. The van der Waals surface area contributed by atoms with E-state index in [9.17, 15) is 4.79 Å². The second kappa shape index (κ2) is 8.49. The van der Waals surface area contributed by atoms with Gasteiger partial charge in [0.1, 0.15) is 12.4 Å². The van der Waals surface area contributed by atoms with Gasteiger partial charge < -0.3 is 14.4 Å². The van der Waals surface area contributed by atoms with Crippen LogP contribution in [-0.4, -0.2) is 60.7 Å². The van der Waals surface area contributed by atoms with Crippen LogP contribution in [0, 0.1) is 11.3 Å². The number of para-hydroxylation sites is 1. The molecule has 29 heavy (non-hydrogen) atoms. The number of carbonyl (C=O) groups is 1. The van der Waals surface area contributed by atoms with Crippen molar-refractivity contribution in [2.45, 2.75) is 51.9 Å². The number of hydrogen-bond donors (Lipinski definition) is 0. The summed E-state index contributed by atoms with van der Waals surface area (Å²) < 4.78 is 11.6. The summed E-state index contributed by atoms with van der Waals surface area (Å²) in [5, 5.41) is 0. The maximum absolute atomic E-state index is 13.1. The number of amides is 1. The predicted octanol–water partition coefficient (Wildman–Crippen LogP) is 3.49. The third kappa shape index (κ3) is 4.51. The van der Waals surface area contributed by atoms with Crippen molar-refractivity contribution in [2.75, 3.05) is 32.8 Å². The largest absolute Gasteiger partial charge is 0.489 e. The standard InChI is InChI=1S/C24H34N2O3/c1-4-13-28-22-8-6-5-7-20(22)17-25-11-9-24(10-12-25)14-21(24)23(27)26-15-18(2)29-19(3)16-26/h4-8,18-19,21H,1,9-17H2,2-3H3/t18-,19+,21?. The van der Waals surface area contributed by atoms with E-state index in [-0.39, 0.29) is 23.5 Å². The summed E-state index contributed by atoms with van der Waals surface area (Å²) in [5.74, 6) is 1.54. The number of nitrogens with zero attached hydrogens (tertiary/aromatic N) is 2. The molecule has 3 aliphatic rings. The molecule has 0 aromatic heterocycles. The molecule has 1 aromatic rings. The highest BCUT2D eigenvalue weighted by Gasteiger charge is 2.59. The molecule has 3 fully saturated rings. The summed E-state index contributed by atoms with van der Waals surface area (Å²) in [4.78, 5) is 17.6. The zero-order chi connectivity index (χ0) is 20.4. The Labute approximate surface area is 174 Å². The van der Waals surface area contributed by atoms with Crippen LogP contribution in [0.15, 0.2) is 36.9 Å². The van der Waals surface area contributed by atoms with Gasteiger partial charge in [0.2, 0.25) is 5.91 Å². The fourth-order valence-electron chi connectivity index (χ4n) is 5.15. The van der Waals surface area contributed by atoms with Gasteiger partial charge in [-0.1, -0.05) is 30.9 Å².